The van der Waals surface area contributed by atoms with Crippen molar-refractivity contribution in [2.45, 2.75) is 40.7 Å². The number of carbonyl (C=O) groups excluding carboxylic acids is 2. The van der Waals surface area contributed by atoms with Crippen LogP contribution in [0.25, 0.3) is 10.9 Å². The molecule has 0 amide bonds. The van der Waals surface area contributed by atoms with E-state index in [4.69, 9.17) is 9.47 Å². The van der Waals surface area contributed by atoms with Gasteiger partial charge in [-0.2, -0.15) is 0 Å². The largest absolute Gasteiger partial charge is 0.464 e. The fourth-order valence-corrected chi connectivity index (χ4v) is 3.24. The molecule has 0 spiro atoms. The van der Waals surface area contributed by atoms with Crippen molar-refractivity contribution in [1.29, 1.82) is 0 Å². The fourth-order valence-electron chi connectivity index (χ4n) is 3.24. The van der Waals surface area contributed by atoms with Gasteiger partial charge in [-0.3, -0.25) is 9.59 Å². The number of rotatable bonds is 4. The number of hydrogen-bond acceptors (Lipinski definition) is 5. The van der Waals surface area contributed by atoms with Crippen molar-refractivity contribution in [3.05, 3.63) is 45.2 Å². The molecule has 6 nitrogen and oxygen atoms in total. The van der Waals surface area contributed by atoms with E-state index in [9.17, 15) is 14.4 Å². The summed E-state index contributed by atoms with van der Waals surface area (Å²) < 4.78 is 12.0. The standard InChI is InChI=1S/C18H19NO5.CH4/c1-4-23-18(22)15-8-19-13(9-24-11(3)20)7-12-5-10(2)6-14(16(12)19)17(15)21;/h5-6,8,13H,4,7,9H2,1-3H3;1H4. The quantitative estimate of drug-likeness (QED) is 0.797. The van der Waals surface area contributed by atoms with Gasteiger partial charge in [-0.15, -0.1) is 0 Å². The number of carbonyl (C=O) groups is 2. The van der Waals surface area contributed by atoms with E-state index in [-0.39, 0.29) is 43.6 Å². The molecule has 0 bridgehead atoms. The molecule has 0 fully saturated rings. The van der Waals surface area contributed by atoms with E-state index in [0.717, 1.165) is 16.6 Å². The second-order valence-corrected chi connectivity index (χ2v) is 5.98. The van der Waals surface area contributed by atoms with Gasteiger partial charge in [0.05, 0.1) is 18.2 Å². The van der Waals surface area contributed by atoms with Gasteiger partial charge in [-0.25, -0.2) is 4.79 Å². The summed E-state index contributed by atoms with van der Waals surface area (Å²) in [4.78, 5) is 36.0. The van der Waals surface area contributed by atoms with Gasteiger partial charge in [-0.05, 0) is 37.5 Å². The van der Waals surface area contributed by atoms with Crippen LogP contribution in [0, 0.1) is 6.92 Å². The molecule has 1 aromatic carbocycles. The Balaban J connectivity index is 0.00000225. The Hall–Kier alpha value is -2.63. The third-order valence-electron chi connectivity index (χ3n) is 4.17. The van der Waals surface area contributed by atoms with Gasteiger partial charge in [0, 0.05) is 18.5 Å². The average Bonchev–Trinajstić information content (AvgIpc) is 2.86. The van der Waals surface area contributed by atoms with Crippen molar-refractivity contribution in [3.8, 4) is 0 Å². The number of ether oxygens (including phenoxy) is 2. The third kappa shape index (κ3) is 3.29. The Morgan fingerprint density at radius 1 is 1.28 bits per heavy atom. The number of pyridine rings is 1. The molecule has 0 aliphatic carbocycles. The molecule has 25 heavy (non-hydrogen) atoms. The molecule has 2 heterocycles. The first-order chi connectivity index (χ1) is 11.4. The van der Waals surface area contributed by atoms with Gasteiger partial charge in [0.25, 0.3) is 0 Å². The highest BCUT2D eigenvalue weighted by Gasteiger charge is 2.28. The maximum atomic E-state index is 12.7. The van der Waals surface area contributed by atoms with Gasteiger partial charge in [-0.1, -0.05) is 13.5 Å². The summed E-state index contributed by atoms with van der Waals surface area (Å²) in [6.07, 6.45) is 2.18. The first kappa shape index (κ1) is 18.7. The maximum Gasteiger partial charge on any atom is 0.343 e. The van der Waals surface area contributed by atoms with Crippen molar-refractivity contribution >= 4 is 22.8 Å². The summed E-state index contributed by atoms with van der Waals surface area (Å²) in [6, 6.07) is 3.67. The second kappa shape index (κ2) is 7.09. The Labute approximate surface area is 146 Å². The van der Waals surface area contributed by atoms with E-state index in [0.29, 0.717) is 11.8 Å². The zero-order chi connectivity index (χ0) is 17.4. The fraction of sp³-hybridized carbons (Fsp3) is 0.421. The monoisotopic (exact) mass is 345 g/mol. The van der Waals surface area contributed by atoms with Gasteiger partial charge >= 0.3 is 11.9 Å². The molecule has 1 aromatic heterocycles. The van der Waals surface area contributed by atoms with Crippen molar-refractivity contribution < 1.29 is 19.1 Å². The molecule has 1 aliphatic heterocycles. The molecular formula is C19H23NO5. The zero-order valence-electron chi connectivity index (χ0n) is 13.9. The van der Waals surface area contributed by atoms with Crippen LogP contribution in [0.4, 0.5) is 0 Å². The molecule has 1 unspecified atom stereocenters. The highest BCUT2D eigenvalue weighted by molar-refractivity contribution is 5.95. The summed E-state index contributed by atoms with van der Waals surface area (Å²) in [6.45, 7) is 5.37. The molecular weight excluding hydrogens is 322 g/mol. The van der Waals surface area contributed by atoms with Gasteiger partial charge in [0.1, 0.15) is 12.2 Å². The van der Waals surface area contributed by atoms with Crippen LogP contribution in [-0.4, -0.2) is 29.7 Å². The Morgan fingerprint density at radius 3 is 2.64 bits per heavy atom. The molecule has 6 heteroatoms. The highest BCUT2D eigenvalue weighted by atomic mass is 16.5. The number of hydrogen-bond donors (Lipinski definition) is 0. The summed E-state index contributed by atoms with van der Waals surface area (Å²) >= 11 is 0. The van der Waals surface area contributed by atoms with Gasteiger partial charge in [0.2, 0.25) is 5.43 Å². The van der Waals surface area contributed by atoms with Crippen LogP contribution < -0.4 is 5.43 Å². The topological polar surface area (TPSA) is 74.6 Å². The van der Waals surface area contributed by atoms with Crippen molar-refractivity contribution in [2.24, 2.45) is 0 Å². The molecule has 1 aliphatic rings. The normalized spacial score (nSPS) is 14.9. The number of esters is 2. The van der Waals surface area contributed by atoms with Crippen molar-refractivity contribution in [3.63, 3.8) is 0 Å². The summed E-state index contributed by atoms with van der Waals surface area (Å²) in [5.74, 6) is -0.987. The van der Waals surface area contributed by atoms with Crippen molar-refractivity contribution in [2.75, 3.05) is 13.2 Å². The van der Waals surface area contributed by atoms with Crippen LogP contribution in [0.15, 0.2) is 23.1 Å². The second-order valence-electron chi connectivity index (χ2n) is 5.98. The summed E-state index contributed by atoms with van der Waals surface area (Å²) in [7, 11) is 0. The minimum Gasteiger partial charge on any atom is -0.464 e. The lowest BCUT2D eigenvalue weighted by Crippen LogP contribution is -2.22. The third-order valence-corrected chi connectivity index (χ3v) is 4.17. The molecule has 1 atom stereocenters. The minimum atomic E-state index is -0.630. The van der Waals surface area contributed by atoms with Crippen LogP contribution in [0.1, 0.15) is 48.8 Å². The minimum absolute atomic E-state index is 0. The van der Waals surface area contributed by atoms with E-state index < -0.39 is 5.97 Å². The number of aromatic nitrogens is 1. The maximum absolute atomic E-state index is 12.7. The Kier molecular flexibility index (Phi) is 5.30. The predicted octanol–water partition coefficient (Wildman–Crippen LogP) is 2.78. The first-order valence-electron chi connectivity index (χ1n) is 7.91. The number of nitrogens with zero attached hydrogens (tertiary/aromatic N) is 1. The van der Waals surface area contributed by atoms with Gasteiger partial charge in [0.15, 0.2) is 0 Å². The molecule has 2 aromatic rings. The Morgan fingerprint density at radius 2 is 2.00 bits per heavy atom. The van der Waals surface area contributed by atoms with Crippen molar-refractivity contribution in [1.82, 2.24) is 4.57 Å². The number of aryl methyl sites for hydroxylation is 1. The average molecular weight is 345 g/mol. The smallest absolute Gasteiger partial charge is 0.343 e. The van der Waals surface area contributed by atoms with Crippen LogP contribution in [0.2, 0.25) is 0 Å². The summed E-state index contributed by atoms with van der Waals surface area (Å²) in [5.41, 5.74) is 2.47. The van der Waals surface area contributed by atoms with Gasteiger partial charge < -0.3 is 14.0 Å². The van der Waals surface area contributed by atoms with Crippen LogP contribution in [-0.2, 0) is 20.7 Å². The summed E-state index contributed by atoms with van der Waals surface area (Å²) in [5, 5.41) is 0.501. The van der Waals surface area contributed by atoms with E-state index in [1.807, 2.05) is 17.6 Å². The Bertz CT molecular complexity index is 897. The number of benzene rings is 1. The predicted molar refractivity (Wildman–Crippen MR) is 95.0 cm³/mol. The molecule has 0 radical (unpaired) electrons. The molecule has 3 rings (SSSR count). The SMILES string of the molecule is C.CCOC(=O)c1cn2c3c(cc(C)cc3c1=O)CC2COC(C)=O. The van der Waals surface area contributed by atoms with Crippen LogP contribution in [0.3, 0.4) is 0 Å². The lowest BCUT2D eigenvalue weighted by atomic mass is 10.0. The van der Waals surface area contributed by atoms with Crippen LogP contribution in [0.5, 0.6) is 0 Å². The molecule has 0 N–H and O–H groups in total. The highest BCUT2D eigenvalue weighted by Crippen LogP contribution is 2.32. The van der Waals surface area contributed by atoms with E-state index in [1.165, 1.54) is 13.1 Å². The lowest BCUT2D eigenvalue weighted by Gasteiger charge is -2.16. The first-order valence-corrected chi connectivity index (χ1v) is 7.91. The van der Waals surface area contributed by atoms with E-state index >= 15 is 0 Å². The lowest BCUT2D eigenvalue weighted by molar-refractivity contribution is -0.142. The molecule has 0 saturated carbocycles. The zero-order valence-corrected chi connectivity index (χ0v) is 13.9. The molecule has 134 valence electrons. The van der Waals surface area contributed by atoms with Crippen LogP contribution >= 0.6 is 0 Å². The van der Waals surface area contributed by atoms with E-state index in [2.05, 4.69) is 0 Å². The van der Waals surface area contributed by atoms with E-state index in [1.54, 1.807) is 13.0 Å². The molecule has 0 saturated heterocycles.